The molecule has 9 heteroatoms. The van der Waals surface area contributed by atoms with Crippen LogP contribution >= 0.6 is 0 Å². The molecule has 0 fully saturated rings. The van der Waals surface area contributed by atoms with Crippen molar-refractivity contribution in [3.8, 4) is 0 Å². The van der Waals surface area contributed by atoms with E-state index in [1.807, 2.05) is 0 Å². The summed E-state index contributed by atoms with van der Waals surface area (Å²) in [5.74, 6) is -5.44. The molecule has 0 rings (SSSR count). The molecule has 0 aliphatic rings. The van der Waals surface area contributed by atoms with E-state index in [4.69, 9.17) is 0 Å². The zero-order chi connectivity index (χ0) is 8.36. The Labute approximate surface area is 92.8 Å². The molecule has 12 heavy (non-hydrogen) atoms. The van der Waals surface area contributed by atoms with Crippen molar-refractivity contribution in [1.82, 2.24) is 0 Å². The van der Waals surface area contributed by atoms with Crippen LogP contribution in [0.3, 0.4) is 0 Å². The molecule has 0 aromatic carbocycles. The van der Waals surface area contributed by atoms with Gasteiger partial charge in [0.1, 0.15) is 21.8 Å². The summed E-state index contributed by atoms with van der Waals surface area (Å²) in [5.41, 5.74) is 0. The molecule has 0 aromatic rings. The van der Waals surface area contributed by atoms with Gasteiger partial charge in [0.05, 0.1) is 0 Å². The van der Waals surface area contributed by atoms with Crippen molar-refractivity contribution in [2.45, 2.75) is 0 Å². The summed E-state index contributed by atoms with van der Waals surface area (Å²) in [4.78, 5) is 19.4. The molecule has 0 heterocycles. The molecule has 0 N–H and O–H groups in total. The van der Waals surface area contributed by atoms with Gasteiger partial charge in [-0.2, -0.15) is 0 Å². The van der Waals surface area contributed by atoms with E-state index in [1.54, 1.807) is 0 Å². The molecule has 0 atom stereocenters. The molecule has 0 saturated carbocycles. The summed E-state index contributed by atoms with van der Waals surface area (Å²) in [7, 11) is -4.79. The quantitative estimate of drug-likeness (QED) is 0.242. The Morgan fingerprint density at radius 1 is 1.17 bits per heavy atom. The van der Waals surface area contributed by atoms with Gasteiger partial charge in [0.2, 0.25) is 0 Å². The Morgan fingerprint density at radius 3 is 1.58 bits per heavy atom. The van der Waals surface area contributed by atoms with Gasteiger partial charge in [0.15, 0.2) is 5.78 Å². The first-order valence-electron chi connectivity index (χ1n) is 2.00. The fourth-order valence-electron chi connectivity index (χ4n) is 0.219. The fraction of sp³-hybridized carbons (Fsp3) is 0.333. The number of hydrogen-bond acceptors (Lipinski definition) is 6. The van der Waals surface area contributed by atoms with Gasteiger partial charge in [-0.15, -0.1) is 0 Å². The Balaban J connectivity index is -0.000000405. The second kappa shape index (κ2) is 6.73. The second-order valence-corrected chi connectivity index (χ2v) is 2.82. The van der Waals surface area contributed by atoms with Crippen LogP contribution in [0.2, 0.25) is 0 Å². The minimum Gasteiger partial charge on any atom is -0.748 e. The predicted octanol–water partition coefficient (Wildman–Crippen LogP) is -9.14. The van der Waals surface area contributed by atoms with Gasteiger partial charge in [0, 0.05) is 0 Å². The molecule has 0 saturated heterocycles. The minimum absolute atomic E-state index is 0. The molecule has 0 aromatic heterocycles. The normalized spacial score (nSPS) is 9.08. The van der Waals surface area contributed by atoms with E-state index in [-0.39, 0.29) is 37.7 Å². The molecule has 6 nitrogen and oxygen atoms in total. The van der Waals surface area contributed by atoms with Crippen LogP contribution in [0.25, 0.3) is 0 Å². The first-order valence-corrected chi connectivity index (χ1v) is 3.58. The van der Waals surface area contributed by atoms with E-state index in [0.717, 1.165) is 0 Å². The number of carbonyl (C=O) groups excluding carboxylic acids is 2. The average Bonchev–Trinajstić information content (AvgIpc) is 1.60. The third-order valence-corrected chi connectivity index (χ3v) is 1.15. The Kier molecular flexibility index (Phi) is 10.2. The number of carboxylic acid groups (broad SMARTS) is 1. The number of Topliss-reactive ketones (excluding diaryl/α,β-unsaturated/α-hetero) is 1. The summed E-state index contributed by atoms with van der Waals surface area (Å²) in [6, 6.07) is 0. The molecule has 0 radical (unpaired) electrons. The second-order valence-electron chi connectivity index (χ2n) is 1.41. The first kappa shape index (κ1) is 18.1. The summed E-state index contributed by atoms with van der Waals surface area (Å²) < 4.78 is 29.0. The van der Waals surface area contributed by atoms with E-state index in [2.05, 4.69) is 0 Å². The van der Waals surface area contributed by atoms with Crippen LogP contribution in [0, 0.1) is 0 Å². The maximum absolute atomic E-state index is 9.92. The number of rotatable bonds is 3. The van der Waals surface area contributed by atoms with E-state index >= 15 is 0 Å². The molecule has 0 unspecified atom stereocenters. The monoisotopic (exact) mass is 180 g/mol. The van der Waals surface area contributed by atoms with Gasteiger partial charge in [-0.05, 0) is 0 Å². The molecular formula is C3H2Li2O6S. The van der Waals surface area contributed by atoms with Crippen LogP contribution in [-0.2, 0) is 19.7 Å². The van der Waals surface area contributed by atoms with E-state index < -0.39 is 27.6 Å². The van der Waals surface area contributed by atoms with Gasteiger partial charge in [-0.1, -0.05) is 0 Å². The smallest absolute Gasteiger partial charge is 0.748 e. The molecule has 58 valence electrons. The van der Waals surface area contributed by atoms with Crippen molar-refractivity contribution in [2.75, 3.05) is 5.75 Å². The summed E-state index contributed by atoms with van der Waals surface area (Å²) in [6.45, 7) is 0. The van der Waals surface area contributed by atoms with Gasteiger partial charge < -0.3 is 14.5 Å². The Bertz CT molecular complexity index is 256. The average molecular weight is 180 g/mol. The summed E-state index contributed by atoms with van der Waals surface area (Å²) in [6.07, 6.45) is 0. The third-order valence-electron chi connectivity index (χ3n) is 0.536. The molecule has 0 bridgehead atoms. The molecule has 0 spiro atoms. The minimum atomic E-state index is -4.79. The van der Waals surface area contributed by atoms with E-state index in [1.165, 1.54) is 0 Å². The van der Waals surface area contributed by atoms with Crippen molar-refractivity contribution in [3.63, 3.8) is 0 Å². The van der Waals surface area contributed by atoms with Crippen LogP contribution in [0.1, 0.15) is 0 Å². The predicted molar refractivity (Wildman–Crippen MR) is 24.6 cm³/mol. The van der Waals surface area contributed by atoms with Crippen molar-refractivity contribution in [3.05, 3.63) is 0 Å². The molecule has 0 amide bonds. The van der Waals surface area contributed by atoms with Crippen LogP contribution in [0.5, 0.6) is 0 Å². The van der Waals surface area contributed by atoms with Gasteiger partial charge >= 0.3 is 37.7 Å². The topological polar surface area (TPSA) is 114 Å². The van der Waals surface area contributed by atoms with Crippen molar-refractivity contribution < 1.29 is 65.4 Å². The van der Waals surface area contributed by atoms with Crippen LogP contribution in [0.15, 0.2) is 0 Å². The number of aliphatic carboxylic acids is 1. The summed E-state index contributed by atoms with van der Waals surface area (Å²) in [5, 5.41) is 9.51. The van der Waals surface area contributed by atoms with Crippen molar-refractivity contribution >= 4 is 21.9 Å². The Morgan fingerprint density at radius 2 is 1.50 bits per heavy atom. The van der Waals surface area contributed by atoms with Gasteiger partial charge in [-0.25, -0.2) is 8.42 Å². The maximum atomic E-state index is 9.92. The SMILES string of the molecule is O=C([O-])C(=O)CS(=O)(=O)[O-].[Li+].[Li+]. The molecule has 0 aliphatic heterocycles. The van der Waals surface area contributed by atoms with Crippen LogP contribution < -0.4 is 42.8 Å². The van der Waals surface area contributed by atoms with E-state index in [0.29, 0.717) is 0 Å². The maximum Gasteiger partial charge on any atom is 1.00 e. The fourth-order valence-corrected chi connectivity index (χ4v) is 0.658. The number of carboxylic acids is 1. The van der Waals surface area contributed by atoms with Gasteiger partial charge in [0.25, 0.3) is 0 Å². The van der Waals surface area contributed by atoms with Crippen molar-refractivity contribution in [1.29, 1.82) is 0 Å². The zero-order valence-electron chi connectivity index (χ0n) is 6.56. The number of ketones is 1. The van der Waals surface area contributed by atoms with Crippen molar-refractivity contribution in [2.24, 2.45) is 0 Å². The Hall–Kier alpha value is 0.245. The standard InChI is InChI=1S/C3H4O6S.2Li/c4-2(3(5)6)1-10(7,8)9;;/h1H2,(H,5,6)(H,7,8,9);;/q;2*+1/p-2. The molecular weight excluding hydrogens is 178 g/mol. The zero-order valence-corrected chi connectivity index (χ0v) is 7.38. The van der Waals surface area contributed by atoms with E-state index in [9.17, 15) is 27.7 Å². The number of carbonyl (C=O) groups is 2. The van der Waals surface area contributed by atoms with Gasteiger partial charge in [-0.3, -0.25) is 4.79 Å². The largest absolute Gasteiger partial charge is 1.00 e. The summed E-state index contributed by atoms with van der Waals surface area (Å²) >= 11 is 0. The molecule has 0 aliphatic carbocycles. The van der Waals surface area contributed by atoms with Crippen LogP contribution in [-0.4, -0.2) is 30.5 Å². The third kappa shape index (κ3) is 10.2. The first-order chi connectivity index (χ1) is 4.33. The van der Waals surface area contributed by atoms with Crippen LogP contribution in [0.4, 0.5) is 0 Å². The number of hydrogen-bond donors (Lipinski definition) is 0.